The average Bonchev–Trinajstić information content (AvgIpc) is 2.38. The maximum atomic E-state index is 11.9. The van der Waals surface area contributed by atoms with E-state index >= 15 is 0 Å². The molecule has 1 aromatic carbocycles. The third-order valence-corrected chi connectivity index (χ3v) is 2.51. The molecule has 5 heteroatoms. The van der Waals surface area contributed by atoms with Gasteiger partial charge in [0.05, 0.1) is 7.11 Å². The summed E-state index contributed by atoms with van der Waals surface area (Å²) in [6, 6.07) is 5.73. The summed E-state index contributed by atoms with van der Waals surface area (Å²) >= 11 is 0. The topological polar surface area (TPSA) is 75.6 Å². The highest BCUT2D eigenvalue weighted by Gasteiger charge is 2.19. The summed E-state index contributed by atoms with van der Waals surface area (Å²) in [5.41, 5.74) is 0.386. The molecule has 1 amide bonds. The number of ether oxygens (including phenoxy) is 1. The molecule has 1 rings (SSSR count). The van der Waals surface area contributed by atoms with Crippen molar-refractivity contribution in [2.75, 3.05) is 7.11 Å². The maximum absolute atomic E-state index is 11.9. The Bertz CT molecular complexity index is 431. The number of nitrogens with one attached hydrogen (secondary N) is 1. The Morgan fingerprint density at radius 3 is 2.72 bits per heavy atom. The van der Waals surface area contributed by atoms with Gasteiger partial charge in [0.25, 0.3) is 5.91 Å². The van der Waals surface area contributed by atoms with E-state index in [-0.39, 0.29) is 0 Å². The highest BCUT2D eigenvalue weighted by molar-refractivity contribution is 5.96. The summed E-state index contributed by atoms with van der Waals surface area (Å²) in [6.45, 7) is 1.87. The van der Waals surface area contributed by atoms with Crippen LogP contribution in [0.1, 0.15) is 30.1 Å². The number of amides is 1. The Hall–Kier alpha value is -2.04. The predicted molar refractivity (Wildman–Crippen MR) is 66.8 cm³/mol. The number of carbonyl (C=O) groups is 2. The van der Waals surface area contributed by atoms with Crippen molar-refractivity contribution in [1.82, 2.24) is 5.32 Å². The van der Waals surface area contributed by atoms with E-state index < -0.39 is 17.9 Å². The van der Waals surface area contributed by atoms with Crippen LogP contribution in [-0.2, 0) is 4.79 Å². The fourth-order valence-electron chi connectivity index (χ4n) is 1.55. The molecule has 1 aromatic rings. The number of hydrogen-bond acceptors (Lipinski definition) is 3. The van der Waals surface area contributed by atoms with E-state index in [4.69, 9.17) is 9.84 Å². The quantitative estimate of drug-likeness (QED) is 0.806. The van der Waals surface area contributed by atoms with Gasteiger partial charge in [-0.25, -0.2) is 4.79 Å². The Morgan fingerprint density at radius 1 is 1.44 bits per heavy atom. The van der Waals surface area contributed by atoms with E-state index in [1.54, 1.807) is 24.3 Å². The molecule has 5 nitrogen and oxygen atoms in total. The lowest BCUT2D eigenvalue weighted by Crippen LogP contribution is -2.40. The molecule has 0 saturated heterocycles. The van der Waals surface area contributed by atoms with Gasteiger partial charge in [-0.3, -0.25) is 4.79 Å². The molecule has 0 saturated carbocycles. The van der Waals surface area contributed by atoms with E-state index in [1.165, 1.54) is 7.11 Å². The van der Waals surface area contributed by atoms with Gasteiger partial charge >= 0.3 is 5.97 Å². The van der Waals surface area contributed by atoms with Crippen LogP contribution in [0.4, 0.5) is 0 Å². The van der Waals surface area contributed by atoms with E-state index in [9.17, 15) is 9.59 Å². The highest BCUT2D eigenvalue weighted by Crippen LogP contribution is 2.12. The van der Waals surface area contributed by atoms with E-state index in [0.717, 1.165) is 0 Å². The van der Waals surface area contributed by atoms with Gasteiger partial charge < -0.3 is 15.2 Å². The molecule has 0 aliphatic carbocycles. The van der Waals surface area contributed by atoms with Crippen molar-refractivity contribution >= 4 is 11.9 Å². The number of carboxylic acid groups (broad SMARTS) is 1. The van der Waals surface area contributed by atoms with E-state index in [1.807, 2.05) is 6.92 Å². The molecule has 0 bridgehead atoms. The summed E-state index contributed by atoms with van der Waals surface area (Å²) in [6.07, 6.45) is 1.10. The van der Waals surface area contributed by atoms with Crippen LogP contribution in [0.2, 0.25) is 0 Å². The Kier molecular flexibility index (Phi) is 5.17. The van der Waals surface area contributed by atoms with Crippen LogP contribution >= 0.6 is 0 Å². The van der Waals surface area contributed by atoms with Crippen molar-refractivity contribution < 1.29 is 19.4 Å². The number of aliphatic carboxylic acids is 1. The second-order valence-electron chi connectivity index (χ2n) is 3.88. The molecule has 0 fully saturated rings. The second-order valence-corrected chi connectivity index (χ2v) is 3.88. The molecule has 98 valence electrons. The largest absolute Gasteiger partial charge is 0.497 e. The van der Waals surface area contributed by atoms with E-state index in [2.05, 4.69) is 5.32 Å². The van der Waals surface area contributed by atoms with Crippen LogP contribution in [0.15, 0.2) is 24.3 Å². The minimum Gasteiger partial charge on any atom is -0.497 e. The fourth-order valence-corrected chi connectivity index (χ4v) is 1.55. The van der Waals surface area contributed by atoms with Gasteiger partial charge in [0, 0.05) is 5.56 Å². The molecule has 0 radical (unpaired) electrons. The lowest BCUT2D eigenvalue weighted by molar-refractivity contribution is -0.139. The number of methoxy groups -OCH3 is 1. The van der Waals surface area contributed by atoms with Crippen molar-refractivity contribution in [2.45, 2.75) is 25.8 Å². The van der Waals surface area contributed by atoms with Crippen LogP contribution in [0, 0.1) is 0 Å². The molecular weight excluding hydrogens is 234 g/mol. The zero-order valence-corrected chi connectivity index (χ0v) is 10.5. The first-order valence-corrected chi connectivity index (χ1v) is 5.76. The van der Waals surface area contributed by atoms with Gasteiger partial charge in [-0.05, 0) is 24.6 Å². The first-order valence-electron chi connectivity index (χ1n) is 5.76. The summed E-state index contributed by atoms with van der Waals surface area (Å²) in [5.74, 6) is -0.868. The molecule has 0 aromatic heterocycles. The molecule has 18 heavy (non-hydrogen) atoms. The lowest BCUT2D eigenvalue weighted by atomic mass is 10.1. The first-order chi connectivity index (χ1) is 8.58. The summed E-state index contributed by atoms with van der Waals surface area (Å²) < 4.78 is 5.01. The van der Waals surface area contributed by atoms with Crippen molar-refractivity contribution in [3.8, 4) is 5.75 Å². The summed E-state index contributed by atoms with van der Waals surface area (Å²) in [7, 11) is 1.51. The highest BCUT2D eigenvalue weighted by atomic mass is 16.5. The molecule has 1 unspecified atom stereocenters. The third kappa shape index (κ3) is 3.76. The van der Waals surface area contributed by atoms with Crippen molar-refractivity contribution in [1.29, 1.82) is 0 Å². The normalized spacial score (nSPS) is 11.7. The molecule has 1 atom stereocenters. The fraction of sp³-hybridized carbons (Fsp3) is 0.385. The summed E-state index contributed by atoms with van der Waals surface area (Å²) in [5, 5.41) is 11.5. The summed E-state index contributed by atoms with van der Waals surface area (Å²) in [4.78, 5) is 22.8. The lowest BCUT2D eigenvalue weighted by Gasteiger charge is -2.13. The van der Waals surface area contributed by atoms with Gasteiger partial charge in [0.15, 0.2) is 0 Å². The number of rotatable bonds is 6. The standard InChI is InChI=1S/C13H17NO4/c1-3-5-11(13(16)17)14-12(15)9-6-4-7-10(8-9)18-2/h4,6-8,11H,3,5H2,1-2H3,(H,14,15)(H,16,17). The minimum atomic E-state index is -1.02. The van der Waals surface area contributed by atoms with Gasteiger partial charge in [-0.2, -0.15) is 0 Å². The van der Waals surface area contributed by atoms with Gasteiger partial charge in [-0.1, -0.05) is 19.4 Å². The van der Waals surface area contributed by atoms with Crippen molar-refractivity contribution in [3.05, 3.63) is 29.8 Å². The van der Waals surface area contributed by atoms with Crippen LogP contribution < -0.4 is 10.1 Å². The SMILES string of the molecule is CCCC(NC(=O)c1cccc(OC)c1)C(=O)O. The zero-order valence-electron chi connectivity index (χ0n) is 10.5. The van der Waals surface area contributed by atoms with E-state index in [0.29, 0.717) is 24.2 Å². The van der Waals surface area contributed by atoms with Crippen LogP contribution in [0.5, 0.6) is 5.75 Å². The molecule has 0 aliphatic rings. The number of carboxylic acids is 1. The Morgan fingerprint density at radius 2 is 2.17 bits per heavy atom. The average molecular weight is 251 g/mol. The van der Waals surface area contributed by atoms with Crippen molar-refractivity contribution in [2.24, 2.45) is 0 Å². The van der Waals surface area contributed by atoms with Crippen LogP contribution in [-0.4, -0.2) is 30.1 Å². The van der Waals surface area contributed by atoms with Gasteiger partial charge in [-0.15, -0.1) is 0 Å². The predicted octanol–water partition coefficient (Wildman–Crippen LogP) is 1.68. The number of hydrogen-bond donors (Lipinski definition) is 2. The van der Waals surface area contributed by atoms with Gasteiger partial charge in [0.1, 0.15) is 11.8 Å². The Balaban J connectivity index is 2.76. The number of carbonyl (C=O) groups excluding carboxylic acids is 1. The Labute approximate surface area is 106 Å². The monoisotopic (exact) mass is 251 g/mol. The number of benzene rings is 1. The molecule has 2 N–H and O–H groups in total. The first kappa shape index (κ1) is 14.0. The molecular formula is C13H17NO4. The van der Waals surface area contributed by atoms with Crippen LogP contribution in [0.3, 0.4) is 0 Å². The smallest absolute Gasteiger partial charge is 0.326 e. The zero-order chi connectivity index (χ0) is 13.5. The third-order valence-electron chi connectivity index (χ3n) is 2.51. The van der Waals surface area contributed by atoms with Crippen LogP contribution in [0.25, 0.3) is 0 Å². The maximum Gasteiger partial charge on any atom is 0.326 e. The molecule has 0 spiro atoms. The second kappa shape index (κ2) is 6.64. The minimum absolute atomic E-state index is 0.386. The molecule has 0 aliphatic heterocycles. The van der Waals surface area contributed by atoms with Gasteiger partial charge in [0.2, 0.25) is 0 Å². The van der Waals surface area contributed by atoms with Crippen molar-refractivity contribution in [3.63, 3.8) is 0 Å². The molecule has 0 heterocycles.